The number of carbonyl (C=O) groups excluding carboxylic acids is 1. The monoisotopic (exact) mass is 369 g/mol. The van der Waals surface area contributed by atoms with Gasteiger partial charge >= 0.3 is 18.0 Å². The Morgan fingerprint density at radius 3 is 1.96 bits per heavy atom. The van der Waals surface area contributed by atoms with Gasteiger partial charge in [0.05, 0.1) is 5.92 Å². The van der Waals surface area contributed by atoms with Crippen molar-refractivity contribution in [2.75, 3.05) is 6.61 Å². The van der Waals surface area contributed by atoms with Gasteiger partial charge in [-0.25, -0.2) is 9.59 Å². The summed E-state index contributed by atoms with van der Waals surface area (Å²) in [5, 5.41) is 20.3. The van der Waals surface area contributed by atoms with Crippen molar-refractivity contribution in [2.45, 2.75) is 18.9 Å². The van der Waals surface area contributed by atoms with Crippen LogP contribution < -0.4 is 5.32 Å². The fourth-order valence-electron chi connectivity index (χ4n) is 3.31. The van der Waals surface area contributed by atoms with Crippen molar-refractivity contribution in [3.63, 3.8) is 0 Å². The van der Waals surface area contributed by atoms with Gasteiger partial charge in [0.1, 0.15) is 12.6 Å². The summed E-state index contributed by atoms with van der Waals surface area (Å²) >= 11 is 0. The predicted molar refractivity (Wildman–Crippen MR) is 96.4 cm³/mol. The smallest absolute Gasteiger partial charge is 0.407 e. The largest absolute Gasteiger partial charge is 0.481 e. The fourth-order valence-corrected chi connectivity index (χ4v) is 3.31. The third-order valence-corrected chi connectivity index (χ3v) is 4.77. The number of benzene rings is 2. The standard InChI is InChI=1S/C20H19NO6/c1-11(18(22)23)17(19(24)25)21-20(26)27-10-16-14-8-4-2-6-12(14)13-7-3-5-9-15(13)16/h2-9,11,16-17H,10H2,1H3,(H,21,26)(H,22,23)(H,24,25). The van der Waals surface area contributed by atoms with E-state index in [2.05, 4.69) is 5.32 Å². The molecule has 2 aromatic carbocycles. The van der Waals surface area contributed by atoms with E-state index < -0.39 is 30.0 Å². The Morgan fingerprint density at radius 1 is 0.963 bits per heavy atom. The van der Waals surface area contributed by atoms with E-state index in [0.29, 0.717) is 0 Å². The molecule has 1 aliphatic rings. The zero-order chi connectivity index (χ0) is 19.6. The highest BCUT2D eigenvalue weighted by Crippen LogP contribution is 2.44. The second-order valence-corrected chi connectivity index (χ2v) is 6.41. The van der Waals surface area contributed by atoms with E-state index in [1.165, 1.54) is 6.92 Å². The molecule has 140 valence electrons. The number of carboxylic acids is 2. The molecule has 0 saturated carbocycles. The number of aliphatic carboxylic acids is 2. The molecule has 2 aromatic rings. The molecular weight excluding hydrogens is 350 g/mol. The van der Waals surface area contributed by atoms with Crippen LogP contribution in [0.4, 0.5) is 4.79 Å². The first-order valence-corrected chi connectivity index (χ1v) is 8.47. The lowest BCUT2D eigenvalue weighted by molar-refractivity contribution is -0.150. The molecule has 1 amide bonds. The van der Waals surface area contributed by atoms with Crippen LogP contribution in [-0.2, 0) is 14.3 Å². The molecule has 2 unspecified atom stereocenters. The Kier molecular flexibility index (Phi) is 5.12. The number of carboxylic acid groups (broad SMARTS) is 2. The average Bonchev–Trinajstić information content (AvgIpc) is 2.97. The van der Waals surface area contributed by atoms with Gasteiger partial charge in [0.15, 0.2) is 0 Å². The molecule has 0 fully saturated rings. The van der Waals surface area contributed by atoms with Gasteiger partial charge in [0, 0.05) is 5.92 Å². The van der Waals surface area contributed by atoms with E-state index in [1.807, 2.05) is 48.5 Å². The molecule has 0 aliphatic heterocycles. The molecule has 27 heavy (non-hydrogen) atoms. The Hall–Kier alpha value is -3.35. The minimum atomic E-state index is -1.57. The molecule has 3 N–H and O–H groups in total. The molecule has 7 nitrogen and oxygen atoms in total. The summed E-state index contributed by atoms with van der Waals surface area (Å²) in [5.41, 5.74) is 4.20. The molecule has 0 radical (unpaired) electrons. The van der Waals surface area contributed by atoms with Crippen LogP contribution in [0.15, 0.2) is 48.5 Å². The van der Waals surface area contributed by atoms with E-state index in [1.54, 1.807) is 0 Å². The molecule has 0 bridgehead atoms. The predicted octanol–water partition coefficient (Wildman–Crippen LogP) is 2.70. The van der Waals surface area contributed by atoms with Crippen molar-refractivity contribution in [1.82, 2.24) is 5.32 Å². The number of rotatable bonds is 6. The van der Waals surface area contributed by atoms with Crippen LogP contribution in [0.2, 0.25) is 0 Å². The number of ether oxygens (including phenoxy) is 1. The van der Waals surface area contributed by atoms with Gasteiger partial charge < -0.3 is 20.3 Å². The lowest BCUT2D eigenvalue weighted by Gasteiger charge is -2.19. The van der Waals surface area contributed by atoms with Crippen molar-refractivity contribution < 1.29 is 29.3 Å². The van der Waals surface area contributed by atoms with Crippen LogP contribution in [-0.4, -0.2) is 40.9 Å². The summed E-state index contributed by atoms with van der Waals surface area (Å²) in [4.78, 5) is 34.3. The van der Waals surface area contributed by atoms with Crippen molar-refractivity contribution in [2.24, 2.45) is 5.92 Å². The van der Waals surface area contributed by atoms with E-state index >= 15 is 0 Å². The second kappa shape index (κ2) is 7.49. The summed E-state index contributed by atoms with van der Waals surface area (Å²) < 4.78 is 5.24. The minimum absolute atomic E-state index is 0.0215. The number of fused-ring (bicyclic) bond motifs is 3. The maximum Gasteiger partial charge on any atom is 0.407 e. The summed E-state index contributed by atoms with van der Waals surface area (Å²) in [7, 11) is 0. The van der Waals surface area contributed by atoms with Crippen LogP contribution in [0.1, 0.15) is 24.0 Å². The summed E-state index contributed by atoms with van der Waals surface area (Å²) in [6.07, 6.45) is -0.961. The minimum Gasteiger partial charge on any atom is -0.481 e. The molecule has 3 rings (SSSR count). The van der Waals surface area contributed by atoms with Crippen LogP contribution in [0.25, 0.3) is 11.1 Å². The van der Waals surface area contributed by atoms with Crippen LogP contribution in [0, 0.1) is 5.92 Å². The molecule has 1 aliphatic carbocycles. The number of hydrogen-bond acceptors (Lipinski definition) is 4. The Bertz CT molecular complexity index is 848. The number of carbonyl (C=O) groups is 3. The van der Waals surface area contributed by atoms with Gasteiger partial charge in [-0.2, -0.15) is 0 Å². The van der Waals surface area contributed by atoms with Crippen molar-refractivity contribution in [1.29, 1.82) is 0 Å². The van der Waals surface area contributed by atoms with Gasteiger partial charge in [-0.1, -0.05) is 48.5 Å². The molecule has 0 saturated heterocycles. The average molecular weight is 369 g/mol. The first-order chi connectivity index (χ1) is 12.9. The molecule has 0 heterocycles. The first-order valence-electron chi connectivity index (χ1n) is 8.47. The van der Waals surface area contributed by atoms with Gasteiger partial charge in [-0.15, -0.1) is 0 Å². The highest BCUT2D eigenvalue weighted by molar-refractivity contribution is 5.86. The summed E-state index contributed by atoms with van der Waals surface area (Å²) in [6, 6.07) is 14.1. The molecule has 2 atom stereocenters. The van der Waals surface area contributed by atoms with Crippen molar-refractivity contribution >= 4 is 18.0 Å². The SMILES string of the molecule is CC(C(=O)O)C(NC(=O)OCC1c2ccccc2-c2ccccc21)C(=O)O. The quantitative estimate of drug-likeness (QED) is 0.722. The zero-order valence-electron chi connectivity index (χ0n) is 14.6. The summed E-state index contributed by atoms with van der Waals surface area (Å²) in [6.45, 7) is 1.23. The number of nitrogens with one attached hydrogen (secondary N) is 1. The lowest BCUT2D eigenvalue weighted by Crippen LogP contribution is -2.47. The topological polar surface area (TPSA) is 113 Å². The van der Waals surface area contributed by atoms with Crippen LogP contribution >= 0.6 is 0 Å². The van der Waals surface area contributed by atoms with Gasteiger partial charge in [-0.3, -0.25) is 4.79 Å². The third-order valence-electron chi connectivity index (χ3n) is 4.77. The molecule has 7 heteroatoms. The molecule has 0 spiro atoms. The summed E-state index contributed by atoms with van der Waals surface area (Å²) in [5.74, 6) is -4.20. The molecule has 0 aromatic heterocycles. The maximum atomic E-state index is 12.1. The van der Waals surface area contributed by atoms with Crippen LogP contribution in [0.5, 0.6) is 0 Å². The van der Waals surface area contributed by atoms with E-state index in [-0.39, 0.29) is 12.5 Å². The van der Waals surface area contributed by atoms with Crippen LogP contribution in [0.3, 0.4) is 0 Å². The number of amides is 1. The third kappa shape index (κ3) is 3.62. The number of alkyl carbamates (subject to hydrolysis) is 1. The highest BCUT2D eigenvalue weighted by atomic mass is 16.5. The zero-order valence-corrected chi connectivity index (χ0v) is 14.6. The Morgan fingerprint density at radius 2 is 1.48 bits per heavy atom. The highest BCUT2D eigenvalue weighted by Gasteiger charge is 2.33. The second-order valence-electron chi connectivity index (χ2n) is 6.41. The van der Waals surface area contributed by atoms with E-state index in [0.717, 1.165) is 22.3 Å². The van der Waals surface area contributed by atoms with Gasteiger partial charge in [-0.05, 0) is 29.2 Å². The fraction of sp³-hybridized carbons (Fsp3) is 0.250. The first kappa shape index (κ1) is 18.4. The molecular formula is C20H19NO6. The number of hydrogen-bond donors (Lipinski definition) is 3. The Balaban J connectivity index is 1.72. The van der Waals surface area contributed by atoms with Crippen molar-refractivity contribution in [3.8, 4) is 11.1 Å². The van der Waals surface area contributed by atoms with Crippen molar-refractivity contribution in [3.05, 3.63) is 59.7 Å². The van der Waals surface area contributed by atoms with E-state index in [9.17, 15) is 14.4 Å². The van der Waals surface area contributed by atoms with Gasteiger partial charge in [0.2, 0.25) is 0 Å². The normalized spacial score (nSPS) is 14.6. The lowest BCUT2D eigenvalue weighted by atomic mass is 9.98. The maximum absolute atomic E-state index is 12.1. The van der Waals surface area contributed by atoms with Gasteiger partial charge in [0.25, 0.3) is 0 Å². The Labute approximate surface area is 155 Å². The van der Waals surface area contributed by atoms with E-state index in [4.69, 9.17) is 14.9 Å².